The summed E-state index contributed by atoms with van der Waals surface area (Å²) in [6.45, 7) is 4.38. The summed E-state index contributed by atoms with van der Waals surface area (Å²) in [5, 5.41) is 9.46. The fraction of sp³-hybridized carbons (Fsp3) is 1.00. The Bertz CT molecular complexity index is 335. The fourth-order valence-corrected chi connectivity index (χ4v) is 4.36. The molecular formula is C14H29NO3S. The van der Waals surface area contributed by atoms with Gasteiger partial charge in [0.1, 0.15) is 0 Å². The van der Waals surface area contributed by atoms with Crippen molar-refractivity contribution in [3.05, 3.63) is 0 Å². The van der Waals surface area contributed by atoms with Gasteiger partial charge in [-0.05, 0) is 31.6 Å². The molecular weight excluding hydrogens is 262 g/mol. The molecule has 0 aromatic rings. The molecule has 0 amide bonds. The number of aliphatic hydroxyl groups excluding tert-OH is 1. The molecule has 1 fully saturated rings. The molecule has 1 saturated carbocycles. The van der Waals surface area contributed by atoms with Crippen LogP contribution >= 0.6 is 0 Å². The van der Waals surface area contributed by atoms with E-state index >= 15 is 0 Å². The molecule has 1 rings (SSSR count). The minimum Gasteiger partial charge on any atom is -0.396 e. The van der Waals surface area contributed by atoms with Gasteiger partial charge in [-0.1, -0.05) is 33.1 Å². The van der Waals surface area contributed by atoms with Crippen LogP contribution in [0.4, 0.5) is 0 Å². The summed E-state index contributed by atoms with van der Waals surface area (Å²) < 4.78 is 26.9. The maximum atomic E-state index is 12.1. The standard InChI is InChI=1S/C14H29NO3S/c1-3-14(4-2,12-16)11-15-19(17,18)10-13-8-6-5-7-9-13/h13,15-16H,3-12H2,1-2H3. The van der Waals surface area contributed by atoms with E-state index in [1.54, 1.807) is 0 Å². The van der Waals surface area contributed by atoms with E-state index in [9.17, 15) is 13.5 Å². The van der Waals surface area contributed by atoms with Gasteiger partial charge in [-0.15, -0.1) is 0 Å². The van der Waals surface area contributed by atoms with Gasteiger partial charge in [-0.2, -0.15) is 0 Å². The Kier molecular flexibility index (Phi) is 6.77. The molecule has 1 aliphatic carbocycles. The Morgan fingerprint density at radius 2 is 1.74 bits per heavy atom. The summed E-state index contributed by atoms with van der Waals surface area (Å²) >= 11 is 0. The van der Waals surface area contributed by atoms with Crippen LogP contribution in [-0.4, -0.2) is 32.4 Å². The monoisotopic (exact) mass is 291 g/mol. The molecule has 0 aromatic heterocycles. The van der Waals surface area contributed by atoms with E-state index < -0.39 is 10.0 Å². The highest BCUT2D eigenvalue weighted by Gasteiger charge is 2.28. The number of hydrogen-bond donors (Lipinski definition) is 2. The molecule has 0 atom stereocenters. The lowest BCUT2D eigenvalue weighted by molar-refractivity contribution is 0.119. The summed E-state index contributed by atoms with van der Waals surface area (Å²) in [7, 11) is -3.21. The van der Waals surface area contributed by atoms with Gasteiger partial charge in [-0.25, -0.2) is 13.1 Å². The molecule has 0 radical (unpaired) electrons. The molecule has 114 valence electrons. The highest BCUT2D eigenvalue weighted by Crippen LogP contribution is 2.26. The number of nitrogens with one attached hydrogen (secondary N) is 1. The van der Waals surface area contributed by atoms with Crippen molar-refractivity contribution in [2.75, 3.05) is 18.9 Å². The third-order valence-electron chi connectivity index (χ3n) is 4.68. The lowest BCUT2D eigenvalue weighted by atomic mass is 9.84. The second-order valence-corrected chi connectivity index (χ2v) is 7.82. The average Bonchev–Trinajstić information content (AvgIpc) is 2.41. The third kappa shape index (κ3) is 5.40. The summed E-state index contributed by atoms with van der Waals surface area (Å²) in [6, 6.07) is 0. The zero-order valence-corrected chi connectivity index (χ0v) is 13.1. The first-order valence-corrected chi connectivity index (χ1v) is 9.20. The van der Waals surface area contributed by atoms with Crippen LogP contribution in [-0.2, 0) is 10.0 Å². The summed E-state index contributed by atoms with van der Waals surface area (Å²) in [4.78, 5) is 0. The van der Waals surface area contributed by atoms with Gasteiger partial charge in [0.15, 0.2) is 0 Å². The van der Waals surface area contributed by atoms with Crippen molar-refractivity contribution in [2.24, 2.45) is 11.3 Å². The number of rotatable bonds is 8. The second kappa shape index (κ2) is 7.60. The summed E-state index contributed by atoms with van der Waals surface area (Å²) in [5.41, 5.74) is -0.306. The normalized spacial score (nSPS) is 18.7. The van der Waals surface area contributed by atoms with Gasteiger partial charge in [0, 0.05) is 18.6 Å². The van der Waals surface area contributed by atoms with Crippen LogP contribution in [0.25, 0.3) is 0 Å². The molecule has 0 saturated heterocycles. The Balaban J connectivity index is 2.49. The number of hydrogen-bond acceptors (Lipinski definition) is 3. The number of sulfonamides is 1. The Morgan fingerprint density at radius 3 is 2.21 bits per heavy atom. The van der Waals surface area contributed by atoms with Crippen LogP contribution < -0.4 is 4.72 Å². The van der Waals surface area contributed by atoms with Gasteiger partial charge in [0.05, 0.1) is 5.75 Å². The molecule has 19 heavy (non-hydrogen) atoms. The smallest absolute Gasteiger partial charge is 0.211 e. The van der Waals surface area contributed by atoms with Crippen molar-refractivity contribution in [3.63, 3.8) is 0 Å². The molecule has 0 heterocycles. The maximum absolute atomic E-state index is 12.1. The van der Waals surface area contributed by atoms with Crippen LogP contribution in [0.15, 0.2) is 0 Å². The minimum absolute atomic E-state index is 0.0337. The molecule has 0 aliphatic heterocycles. The highest BCUT2D eigenvalue weighted by molar-refractivity contribution is 7.89. The third-order valence-corrected chi connectivity index (χ3v) is 6.18. The molecule has 4 nitrogen and oxygen atoms in total. The highest BCUT2D eigenvalue weighted by atomic mass is 32.2. The van der Waals surface area contributed by atoms with E-state index in [-0.39, 0.29) is 17.8 Å². The van der Waals surface area contributed by atoms with Gasteiger partial charge >= 0.3 is 0 Å². The van der Waals surface area contributed by atoms with Crippen LogP contribution in [0.3, 0.4) is 0 Å². The summed E-state index contributed by atoms with van der Waals surface area (Å²) in [6.07, 6.45) is 7.19. The van der Waals surface area contributed by atoms with E-state index in [1.807, 2.05) is 13.8 Å². The second-order valence-electron chi connectivity index (χ2n) is 5.97. The Labute approximate surface area is 118 Å². The zero-order chi connectivity index (χ0) is 14.4. The van der Waals surface area contributed by atoms with Gasteiger partial charge in [0.25, 0.3) is 0 Å². The Hall–Kier alpha value is -0.130. The minimum atomic E-state index is -3.21. The van der Waals surface area contributed by atoms with Crippen LogP contribution in [0.2, 0.25) is 0 Å². The quantitative estimate of drug-likeness (QED) is 0.721. The van der Waals surface area contributed by atoms with Crippen molar-refractivity contribution >= 4 is 10.0 Å². The molecule has 0 spiro atoms. The predicted octanol–water partition coefficient (Wildman–Crippen LogP) is 2.28. The van der Waals surface area contributed by atoms with E-state index in [0.717, 1.165) is 38.5 Å². The predicted molar refractivity (Wildman–Crippen MR) is 78.5 cm³/mol. The molecule has 0 unspecified atom stereocenters. The van der Waals surface area contributed by atoms with Crippen LogP contribution in [0.5, 0.6) is 0 Å². The molecule has 0 bridgehead atoms. The largest absolute Gasteiger partial charge is 0.396 e. The van der Waals surface area contributed by atoms with Gasteiger partial charge in [-0.3, -0.25) is 0 Å². The zero-order valence-electron chi connectivity index (χ0n) is 12.3. The van der Waals surface area contributed by atoms with Crippen molar-refractivity contribution in [1.29, 1.82) is 0 Å². The molecule has 5 heteroatoms. The lowest BCUT2D eigenvalue weighted by Crippen LogP contribution is -2.41. The SMILES string of the molecule is CCC(CC)(CO)CNS(=O)(=O)CC1CCCCC1. The van der Waals surface area contributed by atoms with Gasteiger partial charge < -0.3 is 5.11 Å². The van der Waals surface area contributed by atoms with Crippen molar-refractivity contribution in [1.82, 2.24) is 4.72 Å². The maximum Gasteiger partial charge on any atom is 0.211 e. The summed E-state index contributed by atoms with van der Waals surface area (Å²) in [5.74, 6) is 0.570. The van der Waals surface area contributed by atoms with E-state index in [2.05, 4.69) is 4.72 Å². The first kappa shape index (κ1) is 16.9. The van der Waals surface area contributed by atoms with Crippen molar-refractivity contribution < 1.29 is 13.5 Å². The first-order chi connectivity index (χ1) is 8.97. The average molecular weight is 291 g/mol. The van der Waals surface area contributed by atoms with Crippen LogP contribution in [0, 0.1) is 11.3 Å². The number of aliphatic hydroxyl groups is 1. The molecule has 1 aliphatic rings. The Morgan fingerprint density at radius 1 is 1.16 bits per heavy atom. The van der Waals surface area contributed by atoms with E-state index in [0.29, 0.717) is 12.5 Å². The lowest BCUT2D eigenvalue weighted by Gasteiger charge is -2.30. The fourth-order valence-electron chi connectivity index (χ4n) is 2.77. The molecule has 2 N–H and O–H groups in total. The van der Waals surface area contributed by atoms with E-state index in [4.69, 9.17) is 0 Å². The molecule has 0 aromatic carbocycles. The first-order valence-electron chi connectivity index (χ1n) is 7.55. The van der Waals surface area contributed by atoms with Gasteiger partial charge in [0.2, 0.25) is 10.0 Å². The van der Waals surface area contributed by atoms with Crippen LogP contribution in [0.1, 0.15) is 58.8 Å². The topological polar surface area (TPSA) is 66.4 Å². The van der Waals surface area contributed by atoms with Crippen molar-refractivity contribution in [2.45, 2.75) is 58.8 Å². The van der Waals surface area contributed by atoms with E-state index in [1.165, 1.54) is 6.42 Å². The van der Waals surface area contributed by atoms with Crippen molar-refractivity contribution in [3.8, 4) is 0 Å².